The molecule has 48 valence electrons. The third-order valence-corrected chi connectivity index (χ3v) is 2.37. The van der Waals surface area contributed by atoms with Gasteiger partial charge in [-0.05, 0) is 5.92 Å². The van der Waals surface area contributed by atoms with Gasteiger partial charge in [-0.1, -0.05) is 29.8 Å². The van der Waals surface area contributed by atoms with E-state index < -0.39 is 0 Å². The average molecular weight is 180 g/mol. The van der Waals surface area contributed by atoms with E-state index in [0.717, 1.165) is 0 Å². The van der Waals surface area contributed by atoms with Gasteiger partial charge in [0.25, 0.3) is 0 Å². The lowest BCUT2D eigenvalue weighted by molar-refractivity contribution is -0.118. The number of primary amides is 1. The predicted molar refractivity (Wildman–Crippen MR) is 36.7 cm³/mol. The Balaban J connectivity index is 3.64. The Morgan fingerprint density at radius 3 is 2.00 bits per heavy atom. The minimum Gasteiger partial charge on any atom is -0.369 e. The highest BCUT2D eigenvalue weighted by molar-refractivity contribution is 9.10. The van der Waals surface area contributed by atoms with E-state index in [-0.39, 0.29) is 16.7 Å². The molecule has 0 aliphatic rings. The lowest BCUT2D eigenvalue weighted by Crippen LogP contribution is -2.27. The van der Waals surface area contributed by atoms with Crippen molar-refractivity contribution in [2.45, 2.75) is 18.7 Å². The predicted octanol–water partition coefficient (Wildman–Crippen LogP) is 0.891. The number of hydrogen-bond donors (Lipinski definition) is 1. The number of carbonyl (C=O) groups is 1. The van der Waals surface area contributed by atoms with Crippen molar-refractivity contribution in [3.63, 3.8) is 0 Å². The maximum absolute atomic E-state index is 10.3. The Kier molecular flexibility index (Phi) is 3.05. The summed E-state index contributed by atoms with van der Waals surface area (Å²) in [4.78, 5) is 10.1. The van der Waals surface area contributed by atoms with Crippen molar-refractivity contribution < 1.29 is 4.79 Å². The Bertz CT molecular complexity index is 92.4. The van der Waals surface area contributed by atoms with Crippen molar-refractivity contribution in [3.05, 3.63) is 0 Å². The van der Waals surface area contributed by atoms with Gasteiger partial charge >= 0.3 is 0 Å². The summed E-state index contributed by atoms with van der Waals surface area (Å²) in [5, 5.41) is 0. The molecule has 0 radical (unpaired) electrons. The number of nitrogens with two attached hydrogens (primary N) is 1. The zero-order chi connectivity index (χ0) is 6.73. The van der Waals surface area contributed by atoms with E-state index in [1.54, 1.807) is 0 Å². The fourth-order valence-electron chi connectivity index (χ4n) is 0.329. The minimum atomic E-state index is -0.292. The average Bonchev–Trinajstić information content (AvgIpc) is 1.64. The zero-order valence-corrected chi connectivity index (χ0v) is 6.60. The largest absolute Gasteiger partial charge is 0.369 e. The van der Waals surface area contributed by atoms with Crippen molar-refractivity contribution in [2.75, 3.05) is 0 Å². The van der Waals surface area contributed by atoms with E-state index in [1.165, 1.54) is 0 Å². The minimum absolute atomic E-state index is 0.178. The summed E-state index contributed by atoms with van der Waals surface area (Å²) in [6.07, 6.45) is 0. The molecule has 0 aromatic carbocycles. The summed E-state index contributed by atoms with van der Waals surface area (Å²) in [6.45, 7) is 3.87. The molecule has 0 aromatic rings. The van der Waals surface area contributed by atoms with Crippen LogP contribution in [-0.4, -0.2) is 10.7 Å². The molecule has 8 heavy (non-hydrogen) atoms. The molecular weight excluding hydrogens is 170 g/mol. The Hall–Kier alpha value is -0.0500. The van der Waals surface area contributed by atoms with E-state index in [0.29, 0.717) is 0 Å². The van der Waals surface area contributed by atoms with Gasteiger partial charge in [-0.2, -0.15) is 0 Å². The van der Waals surface area contributed by atoms with Crippen LogP contribution in [-0.2, 0) is 4.79 Å². The van der Waals surface area contributed by atoms with E-state index in [2.05, 4.69) is 15.9 Å². The summed E-state index contributed by atoms with van der Waals surface area (Å²) in [6, 6.07) is 0. The second kappa shape index (κ2) is 3.07. The first kappa shape index (κ1) is 7.95. The highest BCUT2D eigenvalue weighted by atomic mass is 79.9. The maximum Gasteiger partial charge on any atom is 0.231 e. The van der Waals surface area contributed by atoms with E-state index >= 15 is 0 Å². The van der Waals surface area contributed by atoms with Crippen molar-refractivity contribution in [3.8, 4) is 0 Å². The molecule has 1 amide bonds. The molecule has 2 nitrogen and oxygen atoms in total. The van der Waals surface area contributed by atoms with Gasteiger partial charge in [0, 0.05) is 0 Å². The fraction of sp³-hybridized carbons (Fsp3) is 0.800. The van der Waals surface area contributed by atoms with Crippen LogP contribution in [0.1, 0.15) is 13.8 Å². The second-order valence-electron chi connectivity index (χ2n) is 2.05. The van der Waals surface area contributed by atoms with Crippen molar-refractivity contribution in [1.82, 2.24) is 0 Å². The maximum atomic E-state index is 10.3. The van der Waals surface area contributed by atoms with Crippen LogP contribution in [0.5, 0.6) is 0 Å². The monoisotopic (exact) mass is 179 g/mol. The molecule has 0 aliphatic heterocycles. The summed E-state index contributed by atoms with van der Waals surface area (Å²) < 4.78 is 0. The second-order valence-corrected chi connectivity index (χ2v) is 3.03. The number of halogens is 1. The molecule has 0 unspecified atom stereocenters. The summed E-state index contributed by atoms with van der Waals surface area (Å²) in [7, 11) is 0. The number of carbonyl (C=O) groups excluding carboxylic acids is 1. The lowest BCUT2D eigenvalue weighted by atomic mass is 10.1. The molecule has 0 bridgehead atoms. The van der Waals surface area contributed by atoms with E-state index in [1.807, 2.05) is 13.8 Å². The first-order chi connectivity index (χ1) is 3.55. The SMILES string of the molecule is CC(C)[C@@H](Br)C(N)=O. The van der Waals surface area contributed by atoms with Crippen molar-refractivity contribution in [1.29, 1.82) is 0 Å². The molecule has 0 saturated carbocycles. The van der Waals surface area contributed by atoms with Crippen LogP contribution in [0.25, 0.3) is 0 Å². The third kappa shape index (κ3) is 2.31. The quantitative estimate of drug-likeness (QED) is 0.630. The first-order valence-electron chi connectivity index (χ1n) is 2.49. The number of rotatable bonds is 2. The molecule has 0 aromatic heterocycles. The van der Waals surface area contributed by atoms with E-state index in [4.69, 9.17) is 5.73 Å². The molecule has 0 fully saturated rings. The smallest absolute Gasteiger partial charge is 0.231 e. The lowest BCUT2D eigenvalue weighted by Gasteiger charge is -2.06. The van der Waals surface area contributed by atoms with Gasteiger partial charge in [0.05, 0.1) is 4.83 Å². The molecule has 3 heteroatoms. The van der Waals surface area contributed by atoms with Gasteiger partial charge < -0.3 is 5.73 Å². The molecule has 2 N–H and O–H groups in total. The van der Waals surface area contributed by atoms with Gasteiger partial charge in [-0.15, -0.1) is 0 Å². The highest BCUT2D eigenvalue weighted by Gasteiger charge is 2.13. The van der Waals surface area contributed by atoms with Gasteiger partial charge in [-0.25, -0.2) is 0 Å². The summed E-state index contributed by atoms with van der Waals surface area (Å²) >= 11 is 3.13. The van der Waals surface area contributed by atoms with Crippen molar-refractivity contribution >= 4 is 21.8 Å². The molecule has 0 rings (SSSR count). The third-order valence-electron chi connectivity index (χ3n) is 0.857. The number of hydrogen-bond acceptors (Lipinski definition) is 1. The Morgan fingerprint density at radius 2 is 2.00 bits per heavy atom. The van der Waals surface area contributed by atoms with Crippen LogP contribution in [0.15, 0.2) is 0 Å². The Morgan fingerprint density at radius 1 is 1.62 bits per heavy atom. The van der Waals surface area contributed by atoms with Crippen LogP contribution in [0.2, 0.25) is 0 Å². The molecule has 1 atom stereocenters. The highest BCUT2D eigenvalue weighted by Crippen LogP contribution is 2.09. The molecule has 0 aliphatic carbocycles. The van der Waals surface area contributed by atoms with Gasteiger partial charge in [0.2, 0.25) is 5.91 Å². The van der Waals surface area contributed by atoms with Crippen molar-refractivity contribution in [2.24, 2.45) is 11.7 Å². The molecular formula is C5H10BrNO. The summed E-state index contributed by atoms with van der Waals surface area (Å²) in [5.41, 5.74) is 4.95. The van der Waals surface area contributed by atoms with Crippen LogP contribution in [0.4, 0.5) is 0 Å². The van der Waals surface area contributed by atoms with Crippen LogP contribution < -0.4 is 5.73 Å². The van der Waals surface area contributed by atoms with Crippen LogP contribution in [0, 0.1) is 5.92 Å². The van der Waals surface area contributed by atoms with Gasteiger partial charge in [0.1, 0.15) is 0 Å². The number of amides is 1. The van der Waals surface area contributed by atoms with Crippen LogP contribution in [0.3, 0.4) is 0 Å². The topological polar surface area (TPSA) is 43.1 Å². The molecule has 0 saturated heterocycles. The van der Waals surface area contributed by atoms with Gasteiger partial charge in [0.15, 0.2) is 0 Å². The number of alkyl halides is 1. The van der Waals surface area contributed by atoms with Crippen LogP contribution >= 0.6 is 15.9 Å². The molecule has 0 spiro atoms. The molecule has 0 heterocycles. The fourth-order valence-corrected chi connectivity index (χ4v) is 0.329. The summed E-state index contributed by atoms with van der Waals surface area (Å²) in [5.74, 6) is -0.00694. The first-order valence-corrected chi connectivity index (χ1v) is 3.40. The Labute approximate surface area is 57.6 Å². The van der Waals surface area contributed by atoms with E-state index in [9.17, 15) is 4.79 Å². The standard InChI is InChI=1S/C5H10BrNO/c1-3(2)4(6)5(7)8/h3-4H,1-2H3,(H2,7,8)/t4-/m1/s1. The normalized spacial score (nSPS) is 14.0. The zero-order valence-electron chi connectivity index (χ0n) is 5.02. The van der Waals surface area contributed by atoms with Gasteiger partial charge in [-0.3, -0.25) is 4.79 Å².